The molecule has 0 aliphatic carbocycles. The number of H-pyrrole nitrogens is 1. The maximum Gasteiger partial charge on any atom is 0.320 e. The minimum Gasteiger partial charge on any atom is -0.335 e. The summed E-state index contributed by atoms with van der Waals surface area (Å²) in [5, 5.41) is 25.8. The summed E-state index contributed by atoms with van der Waals surface area (Å²) in [5.41, 5.74) is 2.20. The summed E-state index contributed by atoms with van der Waals surface area (Å²) in [6.07, 6.45) is 2.24. The largest absolute Gasteiger partial charge is 0.335 e. The van der Waals surface area contributed by atoms with Crippen molar-refractivity contribution in [3.63, 3.8) is 0 Å². The number of hydrogen-bond acceptors (Lipinski definition) is 4. The molecule has 0 aromatic carbocycles. The smallest absolute Gasteiger partial charge is 0.320 e. The molecule has 2 aromatic heterocycles. The summed E-state index contributed by atoms with van der Waals surface area (Å²) in [7, 11) is 0. The molecule has 0 fully saturated rings. The van der Waals surface area contributed by atoms with Crippen molar-refractivity contribution in [2.45, 2.75) is 46.2 Å². The fourth-order valence-electron chi connectivity index (χ4n) is 2.14. The molecule has 0 radical (unpaired) electrons. The SMILES string of the molecule is Cc1cc(CC(C)NC(=O)Nc2nn(C(C)C)cc2C#N)n[nH]1. The molecule has 0 saturated heterocycles. The maximum absolute atomic E-state index is 12.1. The number of nitrogens with zero attached hydrogens (tertiary/aromatic N) is 4. The number of anilines is 1. The number of carbonyl (C=O) groups is 1. The number of aromatic amines is 1. The van der Waals surface area contributed by atoms with E-state index in [9.17, 15) is 4.79 Å². The number of aryl methyl sites for hydroxylation is 1. The van der Waals surface area contributed by atoms with E-state index in [1.54, 1.807) is 10.9 Å². The Hall–Kier alpha value is -2.82. The number of amides is 2. The number of nitriles is 1. The monoisotopic (exact) mass is 315 g/mol. The van der Waals surface area contributed by atoms with E-state index in [4.69, 9.17) is 5.26 Å². The number of nitrogens with one attached hydrogen (secondary N) is 3. The van der Waals surface area contributed by atoms with Gasteiger partial charge in [0.1, 0.15) is 11.6 Å². The van der Waals surface area contributed by atoms with Crippen molar-refractivity contribution >= 4 is 11.8 Å². The zero-order valence-electron chi connectivity index (χ0n) is 13.7. The first-order valence-electron chi connectivity index (χ1n) is 7.46. The lowest BCUT2D eigenvalue weighted by Crippen LogP contribution is -2.37. The van der Waals surface area contributed by atoms with Crippen LogP contribution in [0.2, 0.25) is 0 Å². The third-order valence-corrected chi connectivity index (χ3v) is 3.27. The number of aromatic nitrogens is 4. The zero-order valence-corrected chi connectivity index (χ0v) is 13.7. The minimum atomic E-state index is -0.393. The summed E-state index contributed by atoms with van der Waals surface area (Å²) in [4.78, 5) is 12.1. The third kappa shape index (κ3) is 4.32. The first-order valence-corrected chi connectivity index (χ1v) is 7.46. The Labute approximate surface area is 134 Å². The molecule has 2 rings (SSSR count). The van der Waals surface area contributed by atoms with Gasteiger partial charge in [-0.3, -0.25) is 15.1 Å². The Kier molecular flexibility index (Phi) is 5.01. The molecular weight excluding hydrogens is 294 g/mol. The van der Waals surface area contributed by atoms with Crippen LogP contribution >= 0.6 is 0 Å². The molecule has 0 spiro atoms. The molecule has 3 N–H and O–H groups in total. The van der Waals surface area contributed by atoms with E-state index in [2.05, 4.69) is 25.9 Å². The molecule has 0 bridgehead atoms. The molecule has 122 valence electrons. The summed E-state index contributed by atoms with van der Waals surface area (Å²) in [6.45, 7) is 7.72. The van der Waals surface area contributed by atoms with Gasteiger partial charge in [0.25, 0.3) is 0 Å². The van der Waals surface area contributed by atoms with Gasteiger partial charge < -0.3 is 5.32 Å². The lowest BCUT2D eigenvalue weighted by atomic mass is 10.2. The summed E-state index contributed by atoms with van der Waals surface area (Å²) < 4.78 is 1.64. The van der Waals surface area contributed by atoms with Gasteiger partial charge in [0, 0.05) is 30.4 Å². The normalized spacial score (nSPS) is 12.0. The van der Waals surface area contributed by atoms with E-state index in [-0.39, 0.29) is 17.9 Å². The van der Waals surface area contributed by atoms with Crippen LogP contribution < -0.4 is 10.6 Å². The van der Waals surface area contributed by atoms with Gasteiger partial charge in [0.2, 0.25) is 0 Å². The molecule has 1 atom stereocenters. The van der Waals surface area contributed by atoms with Crippen molar-refractivity contribution in [3.05, 3.63) is 29.2 Å². The molecule has 0 aliphatic rings. The van der Waals surface area contributed by atoms with Crippen molar-refractivity contribution in [1.29, 1.82) is 5.26 Å². The van der Waals surface area contributed by atoms with Crippen LogP contribution in [0.4, 0.5) is 10.6 Å². The lowest BCUT2D eigenvalue weighted by Gasteiger charge is -2.12. The summed E-state index contributed by atoms with van der Waals surface area (Å²) in [6, 6.07) is 3.59. The van der Waals surface area contributed by atoms with Crippen molar-refractivity contribution in [2.75, 3.05) is 5.32 Å². The summed E-state index contributed by atoms with van der Waals surface area (Å²) in [5.74, 6) is 0.265. The molecule has 2 heterocycles. The fraction of sp³-hybridized carbons (Fsp3) is 0.467. The van der Waals surface area contributed by atoms with Crippen LogP contribution in [0.5, 0.6) is 0 Å². The quantitative estimate of drug-likeness (QED) is 0.784. The number of hydrogen-bond donors (Lipinski definition) is 3. The molecule has 1 unspecified atom stereocenters. The number of urea groups is 1. The number of rotatable bonds is 5. The van der Waals surface area contributed by atoms with Gasteiger partial charge in [0.05, 0.1) is 5.69 Å². The van der Waals surface area contributed by atoms with E-state index >= 15 is 0 Å². The molecule has 8 nitrogen and oxygen atoms in total. The van der Waals surface area contributed by atoms with Crippen LogP contribution in [0.15, 0.2) is 12.3 Å². The van der Waals surface area contributed by atoms with Gasteiger partial charge in [-0.15, -0.1) is 0 Å². The Balaban J connectivity index is 1.95. The highest BCUT2D eigenvalue weighted by molar-refractivity contribution is 5.89. The van der Waals surface area contributed by atoms with Crippen molar-refractivity contribution in [3.8, 4) is 6.07 Å². The highest BCUT2D eigenvalue weighted by Crippen LogP contribution is 2.15. The van der Waals surface area contributed by atoms with Crippen molar-refractivity contribution < 1.29 is 4.79 Å². The topological polar surface area (TPSA) is 111 Å². The molecule has 8 heteroatoms. The Morgan fingerprint density at radius 2 is 2.22 bits per heavy atom. The standard InChI is InChI=1S/C15H21N7O/c1-9(2)22-8-12(7-16)14(21-22)18-15(23)17-10(3)5-13-6-11(4)19-20-13/h6,8-10H,5H2,1-4H3,(H,19,20)(H2,17,18,21,23). The average Bonchev–Trinajstić information content (AvgIpc) is 3.04. The van der Waals surface area contributed by atoms with Crippen molar-refractivity contribution in [2.24, 2.45) is 0 Å². The summed E-state index contributed by atoms with van der Waals surface area (Å²) >= 11 is 0. The van der Waals surface area contributed by atoms with Gasteiger partial charge in [0.15, 0.2) is 5.82 Å². The Morgan fingerprint density at radius 1 is 1.48 bits per heavy atom. The second-order valence-electron chi connectivity index (χ2n) is 5.82. The van der Waals surface area contributed by atoms with Gasteiger partial charge >= 0.3 is 6.03 Å². The van der Waals surface area contributed by atoms with E-state index < -0.39 is 6.03 Å². The molecule has 23 heavy (non-hydrogen) atoms. The minimum absolute atomic E-state index is 0.101. The highest BCUT2D eigenvalue weighted by Gasteiger charge is 2.15. The predicted octanol–water partition coefficient (Wildman–Crippen LogP) is 2.12. The third-order valence-electron chi connectivity index (χ3n) is 3.27. The predicted molar refractivity (Wildman–Crippen MR) is 86.0 cm³/mol. The Morgan fingerprint density at radius 3 is 2.78 bits per heavy atom. The average molecular weight is 315 g/mol. The van der Waals surface area contributed by atoms with Crippen molar-refractivity contribution in [1.82, 2.24) is 25.3 Å². The van der Waals surface area contributed by atoms with Crippen LogP contribution in [0, 0.1) is 18.3 Å². The van der Waals surface area contributed by atoms with Gasteiger partial charge in [-0.25, -0.2) is 4.79 Å². The molecule has 0 aliphatic heterocycles. The fourth-order valence-corrected chi connectivity index (χ4v) is 2.14. The van der Waals surface area contributed by atoms with Crippen LogP contribution in [0.3, 0.4) is 0 Å². The first-order chi connectivity index (χ1) is 10.9. The van der Waals surface area contributed by atoms with Crippen LogP contribution in [-0.2, 0) is 6.42 Å². The molecule has 2 amide bonds. The second-order valence-corrected chi connectivity index (χ2v) is 5.82. The highest BCUT2D eigenvalue weighted by atomic mass is 16.2. The molecule has 2 aromatic rings. The van der Waals surface area contributed by atoms with Gasteiger partial charge in [-0.05, 0) is 33.8 Å². The first kappa shape index (κ1) is 16.5. The number of carbonyl (C=O) groups excluding carboxylic acids is 1. The molecular formula is C15H21N7O. The van der Waals surface area contributed by atoms with E-state index in [1.807, 2.05) is 39.8 Å². The van der Waals surface area contributed by atoms with Crippen LogP contribution in [-0.4, -0.2) is 32.1 Å². The van der Waals surface area contributed by atoms with Crippen LogP contribution in [0.1, 0.15) is 43.8 Å². The van der Waals surface area contributed by atoms with Gasteiger partial charge in [-0.1, -0.05) is 0 Å². The zero-order chi connectivity index (χ0) is 17.0. The molecule has 0 saturated carbocycles. The van der Waals surface area contributed by atoms with E-state index in [0.717, 1.165) is 11.4 Å². The Bertz CT molecular complexity index is 723. The maximum atomic E-state index is 12.1. The lowest BCUT2D eigenvalue weighted by molar-refractivity contribution is 0.249. The van der Waals surface area contributed by atoms with E-state index in [1.165, 1.54) is 0 Å². The second kappa shape index (κ2) is 6.96. The van der Waals surface area contributed by atoms with Crippen LogP contribution in [0.25, 0.3) is 0 Å². The van der Waals surface area contributed by atoms with Gasteiger partial charge in [-0.2, -0.15) is 15.5 Å². The van der Waals surface area contributed by atoms with E-state index in [0.29, 0.717) is 12.0 Å².